The normalized spacial score (nSPS) is 0.857. The Morgan fingerprint density at radius 1 is 0.714 bits per heavy atom. The van der Waals surface area contributed by atoms with Crippen molar-refractivity contribution in [1.82, 2.24) is 0 Å². The maximum atomic E-state index is 3.06. The maximum absolute atomic E-state index is 3.06. The Bertz CT molecular complexity index is 8.04. The molecule has 0 atom stereocenters. The third kappa shape index (κ3) is 136. The summed E-state index contributed by atoms with van der Waals surface area (Å²) in [5.74, 6) is 3.06. The first-order valence-corrected chi connectivity index (χ1v) is 1.39. The monoisotopic (exact) mass is 201 g/mol. The van der Waals surface area contributed by atoms with Crippen LogP contribution in [0.3, 0.4) is 0 Å². The molecular formula is C5H14BrTi-5. The summed E-state index contributed by atoms with van der Waals surface area (Å²) in [7, 11) is 0. The van der Waals surface area contributed by atoms with E-state index in [9.17, 15) is 0 Å². The zero-order chi connectivity index (χ0) is 2.00. The Morgan fingerprint density at radius 2 is 0.714 bits per heavy atom. The number of hydrogen-bond donors (Lipinski definition) is 0. The van der Waals surface area contributed by atoms with Crippen molar-refractivity contribution >= 4 is 15.9 Å². The number of hydrogen-bond acceptors (Lipinski definition) is 0. The molecule has 2 heteroatoms. The maximum Gasteiger partial charge on any atom is 0 e. The van der Waals surface area contributed by atoms with Crippen LogP contribution in [0.2, 0.25) is 0 Å². The second kappa shape index (κ2) is 194. The van der Waals surface area contributed by atoms with Gasteiger partial charge in [-0.15, -0.1) is 0 Å². The van der Waals surface area contributed by atoms with E-state index in [1.807, 2.05) is 0 Å². The Balaban J connectivity index is -0.000000000500. The van der Waals surface area contributed by atoms with Crippen molar-refractivity contribution in [2.75, 3.05) is 0 Å². The quantitative estimate of drug-likeness (QED) is 0.418. The minimum atomic E-state index is 0. The molecule has 0 bridgehead atoms. The summed E-state index contributed by atoms with van der Waals surface area (Å²) in [6.07, 6.45) is 0. The fraction of sp³-hybridized carbons (Fsp3) is 0. The van der Waals surface area contributed by atoms with Gasteiger partial charge in [-0.2, -0.15) is 0 Å². The van der Waals surface area contributed by atoms with Crippen molar-refractivity contribution in [3.63, 3.8) is 0 Å². The van der Waals surface area contributed by atoms with Gasteiger partial charge in [-0.3, -0.25) is 5.83 Å². The number of rotatable bonds is 0. The smallest absolute Gasteiger partial charge is 0 e. The van der Waals surface area contributed by atoms with E-state index in [1.165, 1.54) is 0 Å². The van der Waals surface area contributed by atoms with Crippen molar-refractivity contribution in [1.29, 1.82) is 0 Å². The van der Waals surface area contributed by atoms with Crippen LogP contribution in [0.4, 0.5) is 0 Å². The van der Waals surface area contributed by atoms with Crippen LogP contribution >= 0.6 is 15.9 Å². The molecule has 0 aromatic carbocycles. The van der Waals surface area contributed by atoms with Crippen molar-refractivity contribution in [2.24, 2.45) is 0 Å². The summed E-state index contributed by atoms with van der Waals surface area (Å²) in [4.78, 5) is 0. The third-order valence-corrected chi connectivity index (χ3v) is 0. The van der Waals surface area contributed by atoms with Gasteiger partial charge in [0.15, 0.2) is 0 Å². The molecule has 0 nitrogen and oxygen atoms in total. The Labute approximate surface area is 73.1 Å². The molecule has 0 heterocycles. The van der Waals surface area contributed by atoms with Crippen molar-refractivity contribution in [3.05, 3.63) is 35.5 Å². The van der Waals surface area contributed by atoms with Crippen LogP contribution in [0.15, 0.2) is 0 Å². The van der Waals surface area contributed by atoms with Crippen LogP contribution in [-0.2, 0) is 21.7 Å². The van der Waals surface area contributed by atoms with Gasteiger partial charge in [-0.05, 0) is 0 Å². The third-order valence-electron chi connectivity index (χ3n) is 0. The first-order valence-electron chi connectivity index (χ1n) is 0.267. The van der Waals surface area contributed by atoms with E-state index in [1.54, 1.807) is 0 Å². The Morgan fingerprint density at radius 3 is 0.714 bits per heavy atom. The summed E-state index contributed by atoms with van der Waals surface area (Å²) in [6.45, 7) is 0. The summed E-state index contributed by atoms with van der Waals surface area (Å²) in [5, 5.41) is 0. The minimum Gasteiger partial charge on any atom is -0.358 e. The molecule has 0 amide bonds. The minimum absolute atomic E-state index is 0. The first-order chi connectivity index (χ1) is 1.00. The molecule has 0 saturated carbocycles. The largest absolute Gasteiger partial charge is 0.358 e. The van der Waals surface area contributed by atoms with Gasteiger partial charge in [-0.25, -0.2) is 0 Å². The first kappa shape index (κ1) is 88.1. The molecule has 0 aromatic rings. The van der Waals surface area contributed by atoms with E-state index in [2.05, 4.69) is 21.8 Å². The molecule has 0 N–H and O–H groups in total. The van der Waals surface area contributed by atoms with Gasteiger partial charge in [0.05, 0.1) is 0 Å². The fourth-order valence-corrected chi connectivity index (χ4v) is 0. The zero-order valence-corrected chi connectivity index (χ0v) is 8.73. The molecule has 0 aromatic heterocycles. The van der Waals surface area contributed by atoms with Gasteiger partial charge in [0, 0.05) is 21.7 Å². The molecule has 0 fully saturated rings. The molecule has 0 aliphatic rings. The van der Waals surface area contributed by atoms with E-state index in [4.69, 9.17) is 0 Å². The van der Waals surface area contributed by atoms with Gasteiger partial charge < -0.3 is 45.6 Å². The molecule has 0 saturated heterocycles. The van der Waals surface area contributed by atoms with Crippen LogP contribution in [0.25, 0.3) is 0 Å². The van der Waals surface area contributed by atoms with Gasteiger partial charge in [-0.1, -0.05) is 0 Å². The Kier molecular flexibility index (Phi) is 2440. The van der Waals surface area contributed by atoms with Gasteiger partial charge >= 0.3 is 0 Å². The molecule has 0 radical (unpaired) electrons. The second-order valence-electron chi connectivity index (χ2n) is 0. The van der Waals surface area contributed by atoms with E-state index in [0.717, 1.165) is 0 Å². The van der Waals surface area contributed by atoms with E-state index in [-0.39, 0.29) is 51.4 Å². The zero-order valence-electron chi connectivity index (χ0n) is 5.59. The molecule has 0 spiro atoms. The van der Waals surface area contributed by atoms with Gasteiger partial charge in [0.1, 0.15) is 0 Å². The summed E-state index contributed by atoms with van der Waals surface area (Å²) in [5.41, 5.74) is 0. The molecule has 0 aliphatic heterocycles. The average Bonchev–Trinajstić information content (AvgIpc) is 1.00. The second-order valence-corrected chi connectivity index (χ2v) is 0. The average molecular weight is 202 g/mol. The van der Waals surface area contributed by atoms with Crippen molar-refractivity contribution in [2.45, 2.75) is 0 Å². The van der Waals surface area contributed by atoms with Crippen LogP contribution in [0.5, 0.6) is 0 Å². The van der Waals surface area contributed by atoms with Gasteiger partial charge in [0.25, 0.3) is 0 Å². The van der Waals surface area contributed by atoms with E-state index in [0.29, 0.717) is 0 Å². The predicted molar refractivity (Wildman–Crippen MR) is 39.9 cm³/mol. The topological polar surface area (TPSA) is 0 Å². The molecule has 7 heavy (non-hydrogen) atoms. The van der Waals surface area contributed by atoms with Crippen LogP contribution in [0.1, 0.15) is 0 Å². The molecular weight excluding hydrogens is 188 g/mol. The van der Waals surface area contributed by atoms with Crippen molar-refractivity contribution in [3.8, 4) is 0 Å². The van der Waals surface area contributed by atoms with E-state index < -0.39 is 0 Å². The number of halogens is 1. The molecule has 0 aliphatic carbocycles. The van der Waals surface area contributed by atoms with E-state index >= 15 is 0 Å². The molecule has 50 valence electrons. The SMILES string of the molecule is [CH2-]Br.[CH3-].[CH3-].[CH3-].[CH3-].[Ti]. The van der Waals surface area contributed by atoms with Crippen molar-refractivity contribution < 1.29 is 21.7 Å². The Hall–Kier alpha value is 1.19. The fourth-order valence-electron chi connectivity index (χ4n) is 0. The molecule has 0 unspecified atom stereocenters. The summed E-state index contributed by atoms with van der Waals surface area (Å²) < 4.78 is 0. The summed E-state index contributed by atoms with van der Waals surface area (Å²) in [6, 6.07) is 0. The molecule has 0 rings (SSSR count). The predicted octanol–water partition coefficient (Wildman–Crippen LogP) is 2.97. The standard InChI is InChI=1S/CH2Br.4CH3.Ti/c1-2;;;;;/h1H2;4*1H3;/q5*-1;. The van der Waals surface area contributed by atoms with Crippen LogP contribution in [-0.4, -0.2) is 0 Å². The van der Waals surface area contributed by atoms with Crippen LogP contribution in [0, 0.1) is 35.5 Å². The summed E-state index contributed by atoms with van der Waals surface area (Å²) >= 11 is 2.69. The van der Waals surface area contributed by atoms with Gasteiger partial charge in [0.2, 0.25) is 0 Å². The van der Waals surface area contributed by atoms with Crippen LogP contribution < -0.4 is 0 Å².